The van der Waals surface area contributed by atoms with E-state index in [-0.39, 0.29) is 5.54 Å². The van der Waals surface area contributed by atoms with Gasteiger partial charge in [-0.3, -0.25) is 0 Å². The Bertz CT molecular complexity index is 492. The quantitative estimate of drug-likeness (QED) is 0.818. The molecule has 0 aliphatic heterocycles. The Balaban J connectivity index is 2.14. The fourth-order valence-corrected chi connectivity index (χ4v) is 3.43. The van der Waals surface area contributed by atoms with Crippen molar-refractivity contribution in [3.63, 3.8) is 0 Å². The molecule has 2 nitrogen and oxygen atoms in total. The minimum atomic E-state index is -0.310. The number of hydrogen-bond acceptors (Lipinski definition) is 3. The topological polar surface area (TPSA) is 38.9 Å². The molecule has 1 aromatic heterocycles. The average Bonchev–Trinajstić information content (AvgIpc) is 2.80. The minimum absolute atomic E-state index is 0.310. The molecule has 1 atom stereocenters. The molecular weight excluding hydrogens is 216 g/mol. The van der Waals surface area contributed by atoms with E-state index < -0.39 is 0 Å². The zero-order chi connectivity index (χ0) is 11.0. The molecular formula is C13H14N2S. The molecule has 2 aromatic rings. The van der Waals surface area contributed by atoms with Crippen molar-refractivity contribution in [3.8, 4) is 0 Å². The van der Waals surface area contributed by atoms with Crippen LogP contribution < -0.4 is 5.73 Å². The van der Waals surface area contributed by atoms with Crippen LogP contribution in [0.2, 0.25) is 0 Å². The van der Waals surface area contributed by atoms with Crippen molar-refractivity contribution in [1.82, 2.24) is 4.37 Å². The second-order valence-corrected chi connectivity index (χ2v) is 5.17. The molecule has 3 heteroatoms. The maximum absolute atomic E-state index is 6.61. The molecule has 0 saturated heterocycles. The van der Waals surface area contributed by atoms with Crippen molar-refractivity contribution in [2.45, 2.75) is 24.8 Å². The molecule has 1 unspecified atom stereocenters. The third-order valence-electron chi connectivity index (χ3n) is 3.36. The van der Waals surface area contributed by atoms with E-state index in [2.05, 4.69) is 28.6 Å². The number of rotatable bonds is 1. The molecule has 82 valence electrons. The van der Waals surface area contributed by atoms with Gasteiger partial charge in [-0.25, -0.2) is 4.37 Å². The van der Waals surface area contributed by atoms with Gasteiger partial charge in [0.25, 0.3) is 0 Å². The highest BCUT2D eigenvalue weighted by Crippen LogP contribution is 2.40. The lowest BCUT2D eigenvalue weighted by Gasteiger charge is -2.33. The van der Waals surface area contributed by atoms with Crippen molar-refractivity contribution in [3.05, 3.63) is 52.5 Å². The Morgan fingerprint density at radius 1 is 1.25 bits per heavy atom. The Morgan fingerprint density at radius 2 is 2.06 bits per heavy atom. The van der Waals surface area contributed by atoms with Gasteiger partial charge in [0.2, 0.25) is 0 Å². The number of nitrogens with two attached hydrogens (primary N) is 1. The first kappa shape index (κ1) is 10.00. The van der Waals surface area contributed by atoms with Crippen molar-refractivity contribution >= 4 is 11.5 Å². The van der Waals surface area contributed by atoms with Crippen molar-refractivity contribution in [1.29, 1.82) is 0 Å². The highest BCUT2D eigenvalue weighted by molar-refractivity contribution is 7.06. The molecule has 1 aliphatic carbocycles. The zero-order valence-corrected chi connectivity index (χ0v) is 9.83. The summed E-state index contributed by atoms with van der Waals surface area (Å²) in [6.07, 6.45) is 5.27. The van der Waals surface area contributed by atoms with Crippen molar-refractivity contribution < 1.29 is 0 Å². The van der Waals surface area contributed by atoms with E-state index in [0.717, 1.165) is 19.3 Å². The van der Waals surface area contributed by atoms with Gasteiger partial charge in [-0.05, 0) is 41.9 Å². The molecule has 2 N–H and O–H groups in total. The lowest BCUT2D eigenvalue weighted by molar-refractivity contribution is 0.453. The highest BCUT2D eigenvalue weighted by atomic mass is 32.1. The third-order valence-corrected chi connectivity index (χ3v) is 4.38. The number of aryl methyl sites for hydroxylation is 1. The van der Waals surface area contributed by atoms with E-state index in [0.29, 0.717) is 0 Å². The summed E-state index contributed by atoms with van der Waals surface area (Å²) >= 11 is 1.55. The van der Waals surface area contributed by atoms with Crippen LogP contribution in [0, 0.1) is 0 Å². The molecule has 1 aromatic carbocycles. The van der Waals surface area contributed by atoms with E-state index in [9.17, 15) is 0 Å². The van der Waals surface area contributed by atoms with E-state index in [1.165, 1.54) is 16.0 Å². The second kappa shape index (κ2) is 3.68. The SMILES string of the molecule is NC1(c2ccccc2)CCCc2cnsc21. The monoisotopic (exact) mass is 230 g/mol. The van der Waals surface area contributed by atoms with Crippen LogP contribution in [0.5, 0.6) is 0 Å². The summed E-state index contributed by atoms with van der Waals surface area (Å²) in [4.78, 5) is 1.25. The second-order valence-electron chi connectivity index (χ2n) is 4.37. The summed E-state index contributed by atoms with van der Waals surface area (Å²) in [7, 11) is 0. The first-order valence-corrected chi connectivity index (χ1v) is 6.36. The zero-order valence-electron chi connectivity index (χ0n) is 9.02. The van der Waals surface area contributed by atoms with Gasteiger partial charge >= 0.3 is 0 Å². The summed E-state index contributed by atoms with van der Waals surface area (Å²) in [5, 5.41) is 0. The van der Waals surface area contributed by atoms with Crippen molar-refractivity contribution in [2.24, 2.45) is 5.73 Å². The Labute approximate surface area is 99.3 Å². The predicted octanol–water partition coefficient (Wildman–Crippen LogP) is 2.68. The van der Waals surface area contributed by atoms with E-state index in [1.807, 2.05) is 12.3 Å². The summed E-state index contributed by atoms with van der Waals surface area (Å²) < 4.78 is 4.29. The Kier molecular flexibility index (Phi) is 2.30. The van der Waals surface area contributed by atoms with Gasteiger partial charge in [0.1, 0.15) is 0 Å². The van der Waals surface area contributed by atoms with Crippen LogP contribution in [0.25, 0.3) is 0 Å². The predicted molar refractivity (Wildman–Crippen MR) is 66.5 cm³/mol. The average molecular weight is 230 g/mol. The van der Waals surface area contributed by atoms with Crippen LogP contribution in [-0.2, 0) is 12.0 Å². The number of fused-ring (bicyclic) bond motifs is 1. The number of hydrogen-bond donors (Lipinski definition) is 1. The molecule has 0 bridgehead atoms. The molecule has 0 amide bonds. The van der Waals surface area contributed by atoms with Crippen LogP contribution in [0.1, 0.15) is 28.8 Å². The normalized spacial score (nSPS) is 24.1. The minimum Gasteiger partial charge on any atom is -0.317 e. The molecule has 0 spiro atoms. The van der Waals surface area contributed by atoms with Crippen LogP contribution in [0.15, 0.2) is 36.5 Å². The molecule has 16 heavy (non-hydrogen) atoms. The third kappa shape index (κ3) is 1.39. The highest BCUT2D eigenvalue weighted by Gasteiger charge is 2.35. The first-order valence-electron chi connectivity index (χ1n) is 5.59. The van der Waals surface area contributed by atoms with Crippen LogP contribution in [0.4, 0.5) is 0 Å². The molecule has 0 radical (unpaired) electrons. The van der Waals surface area contributed by atoms with Crippen LogP contribution in [0.3, 0.4) is 0 Å². The Morgan fingerprint density at radius 3 is 2.88 bits per heavy atom. The fourth-order valence-electron chi connectivity index (χ4n) is 2.49. The summed E-state index contributed by atoms with van der Waals surface area (Å²) in [5.41, 5.74) is 8.84. The summed E-state index contributed by atoms with van der Waals surface area (Å²) in [6, 6.07) is 10.4. The molecule has 0 saturated carbocycles. The summed E-state index contributed by atoms with van der Waals surface area (Å²) in [5.74, 6) is 0. The smallest absolute Gasteiger partial charge is 0.0778 e. The standard InChI is InChI=1S/C13H14N2S/c14-13(11-6-2-1-3-7-11)8-4-5-10-9-15-16-12(10)13/h1-3,6-7,9H,4-5,8,14H2. The molecule has 1 heterocycles. The lowest BCUT2D eigenvalue weighted by Crippen LogP contribution is -2.40. The van der Waals surface area contributed by atoms with Gasteiger partial charge in [0.05, 0.1) is 10.4 Å². The van der Waals surface area contributed by atoms with Crippen LogP contribution >= 0.6 is 11.5 Å². The van der Waals surface area contributed by atoms with E-state index in [4.69, 9.17) is 5.73 Å². The number of nitrogens with zero attached hydrogens (tertiary/aromatic N) is 1. The molecule has 0 fully saturated rings. The molecule has 3 rings (SSSR count). The first-order chi connectivity index (χ1) is 7.81. The number of aromatic nitrogens is 1. The van der Waals surface area contributed by atoms with Gasteiger partial charge in [0.15, 0.2) is 0 Å². The Hall–Kier alpha value is -1.19. The van der Waals surface area contributed by atoms with Gasteiger partial charge in [0, 0.05) is 6.20 Å². The van der Waals surface area contributed by atoms with Crippen LogP contribution in [-0.4, -0.2) is 4.37 Å². The molecule has 1 aliphatic rings. The van der Waals surface area contributed by atoms with E-state index in [1.54, 1.807) is 11.5 Å². The number of benzene rings is 1. The van der Waals surface area contributed by atoms with Gasteiger partial charge < -0.3 is 5.73 Å². The van der Waals surface area contributed by atoms with Gasteiger partial charge in [-0.1, -0.05) is 30.3 Å². The summed E-state index contributed by atoms with van der Waals surface area (Å²) in [6.45, 7) is 0. The fraction of sp³-hybridized carbons (Fsp3) is 0.308. The maximum Gasteiger partial charge on any atom is 0.0778 e. The van der Waals surface area contributed by atoms with Crippen molar-refractivity contribution in [2.75, 3.05) is 0 Å². The maximum atomic E-state index is 6.61. The lowest BCUT2D eigenvalue weighted by atomic mass is 9.78. The van der Waals surface area contributed by atoms with Gasteiger partial charge in [-0.15, -0.1) is 0 Å². The largest absolute Gasteiger partial charge is 0.317 e. The van der Waals surface area contributed by atoms with Gasteiger partial charge in [-0.2, -0.15) is 0 Å². The van der Waals surface area contributed by atoms with E-state index >= 15 is 0 Å².